The average Bonchev–Trinajstić information content (AvgIpc) is 2.24. The molecule has 0 unspecified atom stereocenters. The zero-order valence-electron chi connectivity index (χ0n) is 9.27. The van der Waals surface area contributed by atoms with Crippen LogP contribution >= 0.6 is 11.6 Å². The van der Waals surface area contributed by atoms with Crippen molar-refractivity contribution in [2.45, 2.75) is 20.3 Å². The molecular formula is C12H13ClN2O. The molecule has 0 bridgehead atoms. The lowest BCUT2D eigenvalue weighted by Crippen LogP contribution is -2.21. The molecule has 0 radical (unpaired) electrons. The minimum Gasteiger partial charge on any atom is -0.269 e. The molecule has 4 heteroatoms. The Kier molecular flexibility index (Phi) is 2.97. The third-order valence-corrected chi connectivity index (χ3v) is 2.70. The molecule has 2 aromatic heterocycles. The fraction of sp³-hybridized carbons (Fsp3) is 0.333. The van der Waals surface area contributed by atoms with Crippen LogP contribution in [0.5, 0.6) is 0 Å². The Bertz CT molecular complexity index is 575. The van der Waals surface area contributed by atoms with E-state index < -0.39 is 0 Å². The fourth-order valence-corrected chi connectivity index (χ4v) is 1.92. The number of rotatable bonds is 2. The first-order valence-corrected chi connectivity index (χ1v) is 5.63. The van der Waals surface area contributed by atoms with Crippen molar-refractivity contribution < 1.29 is 0 Å². The molecule has 0 aromatic carbocycles. The minimum atomic E-state index is -0.0655. The first-order valence-electron chi connectivity index (χ1n) is 5.25. The van der Waals surface area contributed by atoms with E-state index in [0.717, 1.165) is 0 Å². The number of fused-ring (bicyclic) bond motifs is 1. The zero-order chi connectivity index (χ0) is 11.7. The van der Waals surface area contributed by atoms with Gasteiger partial charge in [-0.05, 0) is 24.5 Å². The van der Waals surface area contributed by atoms with Gasteiger partial charge >= 0.3 is 0 Å². The maximum atomic E-state index is 12.1. The molecule has 2 heterocycles. The highest BCUT2D eigenvalue weighted by Gasteiger charge is 2.11. The third-order valence-electron chi connectivity index (χ3n) is 2.39. The van der Waals surface area contributed by atoms with E-state index in [9.17, 15) is 4.79 Å². The molecule has 2 rings (SSSR count). The molecule has 84 valence electrons. The van der Waals surface area contributed by atoms with Crippen LogP contribution in [-0.2, 0) is 6.42 Å². The second kappa shape index (κ2) is 4.26. The van der Waals surface area contributed by atoms with Crippen LogP contribution < -0.4 is 5.56 Å². The molecule has 0 N–H and O–H groups in total. The summed E-state index contributed by atoms with van der Waals surface area (Å²) >= 11 is 6.03. The molecule has 16 heavy (non-hydrogen) atoms. The van der Waals surface area contributed by atoms with E-state index in [4.69, 9.17) is 11.6 Å². The van der Waals surface area contributed by atoms with Gasteiger partial charge in [0, 0.05) is 6.20 Å². The molecule has 0 atom stereocenters. The van der Waals surface area contributed by atoms with Crippen molar-refractivity contribution >= 4 is 17.2 Å². The first kappa shape index (κ1) is 11.1. The van der Waals surface area contributed by atoms with Crippen LogP contribution in [0.1, 0.15) is 19.4 Å². The molecule has 0 saturated heterocycles. The van der Waals surface area contributed by atoms with Gasteiger partial charge in [-0.25, -0.2) is 4.98 Å². The molecule has 0 amide bonds. The number of halogens is 1. The van der Waals surface area contributed by atoms with Gasteiger partial charge < -0.3 is 0 Å². The molecule has 3 nitrogen and oxygen atoms in total. The number of aromatic nitrogens is 2. The van der Waals surface area contributed by atoms with Crippen molar-refractivity contribution in [1.82, 2.24) is 9.38 Å². The predicted molar refractivity (Wildman–Crippen MR) is 65.0 cm³/mol. The Labute approximate surface area is 98.7 Å². The zero-order valence-corrected chi connectivity index (χ0v) is 10.0. The summed E-state index contributed by atoms with van der Waals surface area (Å²) in [6.45, 7) is 4.10. The van der Waals surface area contributed by atoms with E-state index in [1.54, 1.807) is 12.3 Å². The van der Waals surface area contributed by atoms with Crippen molar-refractivity contribution in [3.63, 3.8) is 0 Å². The van der Waals surface area contributed by atoms with Gasteiger partial charge in [-0.1, -0.05) is 31.5 Å². The van der Waals surface area contributed by atoms with E-state index in [1.165, 1.54) is 4.40 Å². The van der Waals surface area contributed by atoms with Crippen molar-refractivity contribution in [2.24, 2.45) is 5.92 Å². The van der Waals surface area contributed by atoms with Crippen molar-refractivity contribution in [3.05, 3.63) is 45.5 Å². The van der Waals surface area contributed by atoms with Gasteiger partial charge in [-0.3, -0.25) is 9.20 Å². The summed E-state index contributed by atoms with van der Waals surface area (Å²) in [4.78, 5) is 16.3. The minimum absolute atomic E-state index is 0.0655. The number of hydrogen-bond donors (Lipinski definition) is 0. The summed E-state index contributed by atoms with van der Waals surface area (Å²) < 4.78 is 1.53. The number of pyridine rings is 1. The maximum absolute atomic E-state index is 12.1. The van der Waals surface area contributed by atoms with Crippen molar-refractivity contribution in [3.8, 4) is 0 Å². The largest absolute Gasteiger partial charge is 0.269 e. The second-order valence-corrected chi connectivity index (χ2v) is 4.57. The highest BCUT2D eigenvalue weighted by molar-refractivity contribution is 6.30. The van der Waals surface area contributed by atoms with Gasteiger partial charge in [0.2, 0.25) is 0 Å². The van der Waals surface area contributed by atoms with E-state index in [-0.39, 0.29) is 5.56 Å². The van der Waals surface area contributed by atoms with Gasteiger partial charge in [-0.2, -0.15) is 0 Å². The smallest absolute Gasteiger partial charge is 0.262 e. The molecule has 2 aromatic rings. The Morgan fingerprint density at radius 2 is 2.19 bits per heavy atom. The SMILES string of the molecule is CC(C)Cc1c(Cl)nc2ccccn2c1=O. The van der Waals surface area contributed by atoms with Crippen LogP contribution in [0.4, 0.5) is 0 Å². The monoisotopic (exact) mass is 236 g/mol. The Hall–Kier alpha value is -1.35. The normalized spacial score (nSPS) is 11.2. The van der Waals surface area contributed by atoms with Crippen molar-refractivity contribution in [2.75, 3.05) is 0 Å². The number of nitrogens with zero attached hydrogens (tertiary/aromatic N) is 2. The van der Waals surface area contributed by atoms with Gasteiger partial charge in [-0.15, -0.1) is 0 Å². The fourth-order valence-electron chi connectivity index (χ4n) is 1.68. The van der Waals surface area contributed by atoms with Crippen LogP contribution in [0.3, 0.4) is 0 Å². The lowest BCUT2D eigenvalue weighted by atomic mass is 10.1. The van der Waals surface area contributed by atoms with Gasteiger partial charge in [0.15, 0.2) is 0 Å². The summed E-state index contributed by atoms with van der Waals surface area (Å²) in [7, 11) is 0. The van der Waals surface area contributed by atoms with Crippen LogP contribution in [-0.4, -0.2) is 9.38 Å². The van der Waals surface area contributed by atoms with Gasteiger partial charge in [0.1, 0.15) is 10.8 Å². The molecule has 0 aliphatic carbocycles. The third kappa shape index (κ3) is 1.95. The van der Waals surface area contributed by atoms with Gasteiger partial charge in [0.05, 0.1) is 5.56 Å². The summed E-state index contributed by atoms with van der Waals surface area (Å²) in [5.74, 6) is 0.383. The Morgan fingerprint density at radius 3 is 2.88 bits per heavy atom. The second-order valence-electron chi connectivity index (χ2n) is 4.21. The summed E-state index contributed by atoms with van der Waals surface area (Å²) in [6, 6.07) is 5.41. The quantitative estimate of drug-likeness (QED) is 0.751. The van der Waals surface area contributed by atoms with Crippen molar-refractivity contribution in [1.29, 1.82) is 0 Å². The first-order chi connectivity index (χ1) is 7.59. The highest BCUT2D eigenvalue weighted by atomic mass is 35.5. The van der Waals surface area contributed by atoms with E-state index in [1.807, 2.05) is 12.1 Å². The Morgan fingerprint density at radius 1 is 1.44 bits per heavy atom. The average molecular weight is 237 g/mol. The van der Waals surface area contributed by atoms with E-state index in [0.29, 0.717) is 28.7 Å². The topological polar surface area (TPSA) is 34.4 Å². The standard InChI is InChI=1S/C12H13ClN2O/c1-8(2)7-9-11(13)14-10-5-3-4-6-15(10)12(9)16/h3-6,8H,7H2,1-2H3. The van der Waals surface area contributed by atoms with Crippen LogP contribution in [0.2, 0.25) is 5.15 Å². The van der Waals surface area contributed by atoms with Gasteiger partial charge in [0.25, 0.3) is 5.56 Å². The molecular weight excluding hydrogens is 224 g/mol. The lowest BCUT2D eigenvalue weighted by molar-refractivity contribution is 0.639. The maximum Gasteiger partial charge on any atom is 0.262 e. The molecule has 0 aliphatic heterocycles. The summed E-state index contributed by atoms with van der Waals surface area (Å²) in [5.41, 5.74) is 1.12. The highest BCUT2D eigenvalue weighted by Crippen LogP contribution is 2.14. The van der Waals surface area contributed by atoms with E-state index in [2.05, 4.69) is 18.8 Å². The van der Waals surface area contributed by atoms with E-state index >= 15 is 0 Å². The molecule has 0 spiro atoms. The molecule has 0 fully saturated rings. The predicted octanol–water partition coefficient (Wildman–Crippen LogP) is 2.55. The summed E-state index contributed by atoms with van der Waals surface area (Å²) in [5, 5.41) is 0.324. The number of hydrogen-bond acceptors (Lipinski definition) is 2. The molecule has 0 saturated carbocycles. The lowest BCUT2D eigenvalue weighted by Gasteiger charge is -2.08. The molecule has 0 aliphatic rings. The Balaban J connectivity index is 2.71. The van der Waals surface area contributed by atoms with Crippen LogP contribution in [0, 0.1) is 5.92 Å². The van der Waals surface area contributed by atoms with Crippen LogP contribution in [0.25, 0.3) is 5.65 Å². The van der Waals surface area contributed by atoms with Crippen LogP contribution in [0.15, 0.2) is 29.2 Å². The summed E-state index contributed by atoms with van der Waals surface area (Å²) in [6.07, 6.45) is 2.37.